The first-order valence-electron chi connectivity index (χ1n) is 5.67. The third-order valence-corrected chi connectivity index (χ3v) is 2.61. The number of halogens is 1. The average Bonchev–Trinajstić information content (AvgIpc) is 2.77. The van der Waals surface area contributed by atoms with Crippen molar-refractivity contribution in [1.29, 1.82) is 0 Å². The van der Waals surface area contributed by atoms with Crippen LogP contribution < -0.4 is 5.32 Å². The van der Waals surface area contributed by atoms with E-state index in [2.05, 4.69) is 27.4 Å². The molecule has 0 radical (unpaired) electrons. The van der Waals surface area contributed by atoms with Crippen LogP contribution in [0.1, 0.15) is 25.0 Å². The van der Waals surface area contributed by atoms with E-state index < -0.39 is 0 Å². The van der Waals surface area contributed by atoms with Crippen LogP contribution in [0, 0.1) is 0 Å². The van der Waals surface area contributed by atoms with E-state index in [-0.39, 0.29) is 0 Å². The number of nitrogens with one attached hydrogen (secondary N) is 2. The number of benzene rings is 1. The lowest BCUT2D eigenvalue weighted by atomic mass is 10.3. The second-order valence-corrected chi connectivity index (χ2v) is 4.25. The van der Waals surface area contributed by atoms with Gasteiger partial charge in [-0.2, -0.15) is 5.10 Å². The zero-order chi connectivity index (χ0) is 12.1. The SMILES string of the molecule is CCCc1n[nH]c(CNc2ccc(Cl)cc2)n1. The Labute approximate surface area is 105 Å². The van der Waals surface area contributed by atoms with Crippen LogP contribution in [0.2, 0.25) is 5.02 Å². The van der Waals surface area contributed by atoms with Crippen LogP contribution in [0.4, 0.5) is 5.69 Å². The molecule has 4 nitrogen and oxygen atoms in total. The molecule has 0 unspecified atom stereocenters. The number of aromatic nitrogens is 3. The summed E-state index contributed by atoms with van der Waals surface area (Å²) in [5, 5.41) is 11.0. The van der Waals surface area contributed by atoms with E-state index in [0.717, 1.165) is 35.2 Å². The molecule has 0 spiro atoms. The van der Waals surface area contributed by atoms with Gasteiger partial charge >= 0.3 is 0 Å². The number of H-pyrrole nitrogens is 1. The van der Waals surface area contributed by atoms with E-state index >= 15 is 0 Å². The second kappa shape index (κ2) is 5.68. The molecule has 2 N–H and O–H groups in total. The Balaban J connectivity index is 1.90. The lowest BCUT2D eigenvalue weighted by Crippen LogP contribution is -2.01. The lowest BCUT2D eigenvalue weighted by molar-refractivity contribution is 0.841. The van der Waals surface area contributed by atoms with E-state index in [9.17, 15) is 0 Å². The minimum Gasteiger partial charge on any atom is -0.378 e. The Bertz CT molecular complexity index is 464. The van der Waals surface area contributed by atoms with Crippen LogP contribution in [0.3, 0.4) is 0 Å². The molecule has 0 aliphatic carbocycles. The fourth-order valence-corrected chi connectivity index (χ4v) is 1.63. The summed E-state index contributed by atoms with van der Waals surface area (Å²) in [4.78, 5) is 4.38. The second-order valence-electron chi connectivity index (χ2n) is 3.81. The van der Waals surface area contributed by atoms with Crippen molar-refractivity contribution in [2.24, 2.45) is 0 Å². The maximum Gasteiger partial charge on any atom is 0.150 e. The molecular formula is C12H15ClN4. The molecular weight excluding hydrogens is 236 g/mol. The highest BCUT2D eigenvalue weighted by atomic mass is 35.5. The van der Waals surface area contributed by atoms with Gasteiger partial charge in [0.15, 0.2) is 5.82 Å². The van der Waals surface area contributed by atoms with Crippen molar-refractivity contribution in [3.05, 3.63) is 40.9 Å². The van der Waals surface area contributed by atoms with Crippen LogP contribution in [0.5, 0.6) is 0 Å². The summed E-state index contributed by atoms with van der Waals surface area (Å²) in [6.07, 6.45) is 1.97. The van der Waals surface area contributed by atoms with Gasteiger partial charge in [-0.05, 0) is 30.7 Å². The van der Waals surface area contributed by atoms with Gasteiger partial charge < -0.3 is 5.32 Å². The third kappa shape index (κ3) is 3.46. The molecule has 0 saturated carbocycles. The van der Waals surface area contributed by atoms with Gasteiger partial charge in [0, 0.05) is 17.1 Å². The summed E-state index contributed by atoms with van der Waals surface area (Å²) in [6.45, 7) is 2.75. The van der Waals surface area contributed by atoms with Gasteiger partial charge in [0.05, 0.1) is 6.54 Å². The van der Waals surface area contributed by atoms with Crippen molar-refractivity contribution in [1.82, 2.24) is 15.2 Å². The van der Waals surface area contributed by atoms with E-state index in [4.69, 9.17) is 11.6 Å². The van der Waals surface area contributed by atoms with E-state index in [1.807, 2.05) is 24.3 Å². The van der Waals surface area contributed by atoms with Gasteiger partial charge in [-0.3, -0.25) is 5.10 Å². The molecule has 0 aliphatic heterocycles. The van der Waals surface area contributed by atoms with Gasteiger partial charge in [-0.15, -0.1) is 0 Å². The molecule has 17 heavy (non-hydrogen) atoms. The quantitative estimate of drug-likeness (QED) is 0.858. The van der Waals surface area contributed by atoms with Gasteiger partial charge in [-0.25, -0.2) is 4.98 Å². The van der Waals surface area contributed by atoms with Gasteiger partial charge in [-0.1, -0.05) is 18.5 Å². The molecule has 0 atom stereocenters. The Morgan fingerprint density at radius 3 is 2.76 bits per heavy atom. The molecule has 0 saturated heterocycles. The summed E-state index contributed by atoms with van der Waals surface area (Å²) in [6, 6.07) is 7.58. The molecule has 2 rings (SSSR count). The Morgan fingerprint density at radius 1 is 1.29 bits per heavy atom. The fourth-order valence-electron chi connectivity index (χ4n) is 1.50. The molecule has 0 amide bonds. The molecule has 0 fully saturated rings. The van der Waals surface area contributed by atoms with Gasteiger partial charge in [0.25, 0.3) is 0 Å². The Kier molecular flexibility index (Phi) is 3.98. The minimum absolute atomic E-state index is 0.637. The van der Waals surface area contributed by atoms with E-state index in [1.165, 1.54) is 0 Å². The predicted octanol–water partition coefficient (Wildman–Crippen LogP) is 3.02. The van der Waals surface area contributed by atoms with Crippen LogP contribution in [0.15, 0.2) is 24.3 Å². The fraction of sp³-hybridized carbons (Fsp3) is 0.333. The molecule has 90 valence electrons. The molecule has 1 aromatic carbocycles. The van der Waals surface area contributed by atoms with Gasteiger partial charge in [0.1, 0.15) is 5.82 Å². The van der Waals surface area contributed by atoms with E-state index in [0.29, 0.717) is 6.54 Å². The number of hydrogen-bond acceptors (Lipinski definition) is 3. The molecule has 5 heteroatoms. The monoisotopic (exact) mass is 250 g/mol. The zero-order valence-electron chi connectivity index (χ0n) is 9.70. The highest BCUT2D eigenvalue weighted by Crippen LogP contribution is 2.13. The van der Waals surface area contributed by atoms with Crippen molar-refractivity contribution >= 4 is 17.3 Å². The minimum atomic E-state index is 0.637. The maximum absolute atomic E-state index is 5.81. The van der Waals surface area contributed by atoms with Crippen molar-refractivity contribution < 1.29 is 0 Å². The number of nitrogens with zero attached hydrogens (tertiary/aromatic N) is 2. The van der Waals surface area contributed by atoms with Crippen molar-refractivity contribution in [3.63, 3.8) is 0 Å². The van der Waals surface area contributed by atoms with Crippen molar-refractivity contribution in [2.75, 3.05) is 5.32 Å². The van der Waals surface area contributed by atoms with E-state index in [1.54, 1.807) is 0 Å². The topological polar surface area (TPSA) is 53.6 Å². The first kappa shape index (κ1) is 11.9. The number of rotatable bonds is 5. The van der Waals surface area contributed by atoms with Crippen LogP contribution in [0.25, 0.3) is 0 Å². The van der Waals surface area contributed by atoms with Crippen molar-refractivity contribution in [2.45, 2.75) is 26.3 Å². The average molecular weight is 251 g/mol. The molecule has 0 aliphatic rings. The summed E-state index contributed by atoms with van der Waals surface area (Å²) in [7, 11) is 0. The molecule has 0 bridgehead atoms. The number of hydrogen-bond donors (Lipinski definition) is 2. The van der Waals surface area contributed by atoms with Gasteiger partial charge in [0.2, 0.25) is 0 Å². The Morgan fingerprint density at radius 2 is 2.06 bits per heavy atom. The standard InChI is InChI=1S/C12H15ClN4/c1-2-3-11-15-12(17-16-11)8-14-10-6-4-9(13)5-7-10/h4-7,14H,2-3,8H2,1H3,(H,15,16,17). The number of aryl methyl sites for hydroxylation is 1. The first-order valence-corrected chi connectivity index (χ1v) is 6.05. The Hall–Kier alpha value is -1.55. The normalized spacial score (nSPS) is 10.5. The number of aromatic amines is 1. The third-order valence-electron chi connectivity index (χ3n) is 2.36. The summed E-state index contributed by atoms with van der Waals surface area (Å²) in [5.41, 5.74) is 1.02. The van der Waals surface area contributed by atoms with Crippen LogP contribution in [-0.2, 0) is 13.0 Å². The number of anilines is 1. The molecule has 1 heterocycles. The molecule has 1 aromatic heterocycles. The summed E-state index contributed by atoms with van der Waals surface area (Å²) >= 11 is 5.81. The highest BCUT2D eigenvalue weighted by molar-refractivity contribution is 6.30. The smallest absolute Gasteiger partial charge is 0.150 e. The summed E-state index contributed by atoms with van der Waals surface area (Å²) < 4.78 is 0. The van der Waals surface area contributed by atoms with Crippen LogP contribution >= 0.6 is 11.6 Å². The van der Waals surface area contributed by atoms with Crippen LogP contribution in [-0.4, -0.2) is 15.2 Å². The maximum atomic E-state index is 5.81. The highest BCUT2D eigenvalue weighted by Gasteiger charge is 2.01. The first-order chi connectivity index (χ1) is 8.28. The van der Waals surface area contributed by atoms with Crippen molar-refractivity contribution in [3.8, 4) is 0 Å². The zero-order valence-corrected chi connectivity index (χ0v) is 10.5. The predicted molar refractivity (Wildman–Crippen MR) is 69.2 cm³/mol. The lowest BCUT2D eigenvalue weighted by Gasteiger charge is -2.03. The largest absolute Gasteiger partial charge is 0.378 e. The summed E-state index contributed by atoms with van der Waals surface area (Å²) in [5.74, 6) is 1.73. The molecule has 2 aromatic rings.